The van der Waals surface area contributed by atoms with Crippen molar-refractivity contribution in [2.24, 2.45) is 0 Å². The topological polar surface area (TPSA) is 57.6 Å². The Balaban J connectivity index is 1.90. The van der Waals surface area contributed by atoms with Crippen molar-refractivity contribution in [3.63, 3.8) is 0 Å². The lowest BCUT2D eigenvalue weighted by molar-refractivity contribution is 0.202. The highest BCUT2D eigenvalue weighted by Gasteiger charge is 2.24. The normalized spacial score (nSPS) is 11.8. The number of rotatable bonds is 10. The van der Waals surface area contributed by atoms with Crippen LogP contribution in [-0.4, -0.2) is 43.9 Å². The predicted molar refractivity (Wildman–Crippen MR) is 116 cm³/mol. The van der Waals surface area contributed by atoms with Crippen molar-refractivity contribution < 1.29 is 13.5 Å². The lowest BCUT2D eigenvalue weighted by Crippen LogP contribution is -2.35. The maximum absolute atomic E-state index is 12.8. The summed E-state index contributed by atoms with van der Waals surface area (Å²) in [5, 5.41) is 9.40. The number of hydrogen-bond acceptors (Lipinski definition) is 4. The summed E-state index contributed by atoms with van der Waals surface area (Å²) >= 11 is 0. The monoisotopic (exact) mass is 409 g/mol. The van der Waals surface area contributed by atoms with Crippen molar-refractivity contribution in [3.05, 3.63) is 102 Å². The lowest BCUT2D eigenvalue weighted by Gasteiger charge is -2.32. The van der Waals surface area contributed by atoms with Crippen molar-refractivity contribution >= 4 is 9.84 Å². The minimum atomic E-state index is -3.38. The first kappa shape index (κ1) is 21.2. The molecule has 0 atom stereocenters. The van der Waals surface area contributed by atoms with E-state index in [4.69, 9.17) is 0 Å². The van der Waals surface area contributed by atoms with Gasteiger partial charge in [-0.1, -0.05) is 78.9 Å². The smallest absolute Gasteiger partial charge is 0.179 e. The van der Waals surface area contributed by atoms with E-state index in [0.717, 1.165) is 11.1 Å². The van der Waals surface area contributed by atoms with Crippen molar-refractivity contribution in [1.29, 1.82) is 0 Å². The average molecular weight is 410 g/mol. The molecule has 1 N–H and O–H groups in total. The molecule has 4 nitrogen and oxygen atoms in total. The number of hydrogen-bond donors (Lipinski definition) is 1. The van der Waals surface area contributed by atoms with E-state index in [1.54, 1.807) is 24.3 Å². The van der Waals surface area contributed by atoms with Gasteiger partial charge in [0.15, 0.2) is 9.84 Å². The van der Waals surface area contributed by atoms with E-state index >= 15 is 0 Å². The molecule has 0 fully saturated rings. The molecule has 152 valence electrons. The summed E-state index contributed by atoms with van der Waals surface area (Å²) in [5.74, 6) is 0.0264. The third-order valence-corrected chi connectivity index (χ3v) is 6.66. The molecule has 0 unspecified atom stereocenters. The van der Waals surface area contributed by atoms with Crippen LogP contribution < -0.4 is 0 Å². The molecule has 0 aliphatic carbocycles. The Morgan fingerprint density at radius 2 is 1.21 bits per heavy atom. The summed E-state index contributed by atoms with van der Waals surface area (Å²) in [6.45, 7) is 1.05. The number of sulfone groups is 1. The quantitative estimate of drug-likeness (QED) is 0.551. The minimum Gasteiger partial charge on any atom is -0.396 e. The lowest BCUT2D eigenvalue weighted by atomic mass is 9.97. The van der Waals surface area contributed by atoms with Gasteiger partial charge in [-0.25, -0.2) is 8.42 Å². The zero-order valence-corrected chi connectivity index (χ0v) is 17.2. The van der Waals surface area contributed by atoms with Crippen LogP contribution in [0.5, 0.6) is 0 Å². The molecule has 29 heavy (non-hydrogen) atoms. The molecule has 0 heterocycles. The standard InChI is InChI=1S/C24H27NO3S/c26-19-10-17-25(18-20-29(27,28)23-15-8-3-9-16-23)24(21-11-4-1-5-12-21)22-13-6-2-7-14-22/h1-9,11-16,24,26H,10,17-20H2. The molecule has 0 aliphatic rings. The third-order valence-electron chi connectivity index (χ3n) is 4.95. The van der Waals surface area contributed by atoms with Gasteiger partial charge in [0.05, 0.1) is 16.7 Å². The summed E-state index contributed by atoms with van der Waals surface area (Å²) < 4.78 is 25.7. The molecule has 0 spiro atoms. The van der Waals surface area contributed by atoms with Gasteiger partial charge < -0.3 is 5.11 Å². The zero-order valence-electron chi connectivity index (χ0n) is 16.4. The summed E-state index contributed by atoms with van der Waals surface area (Å²) in [6, 6.07) is 28.7. The summed E-state index contributed by atoms with van der Waals surface area (Å²) in [4.78, 5) is 2.50. The third kappa shape index (κ3) is 5.76. The van der Waals surface area contributed by atoms with Crippen LogP contribution in [0.15, 0.2) is 95.9 Å². The molecule has 3 aromatic carbocycles. The molecule has 0 aliphatic heterocycles. The Labute approximate surface area is 173 Å². The second-order valence-electron chi connectivity index (χ2n) is 6.97. The molecular weight excluding hydrogens is 382 g/mol. The van der Waals surface area contributed by atoms with E-state index < -0.39 is 9.84 Å². The zero-order chi connectivity index (χ0) is 20.5. The van der Waals surface area contributed by atoms with E-state index in [-0.39, 0.29) is 18.4 Å². The van der Waals surface area contributed by atoms with E-state index in [1.807, 2.05) is 42.5 Å². The number of aliphatic hydroxyl groups is 1. The first-order chi connectivity index (χ1) is 14.1. The SMILES string of the molecule is O=S(=O)(CCN(CCCO)C(c1ccccc1)c1ccccc1)c1ccccc1. The van der Waals surface area contributed by atoms with Crippen LogP contribution in [0.1, 0.15) is 23.6 Å². The van der Waals surface area contributed by atoms with Crippen molar-refractivity contribution in [3.8, 4) is 0 Å². The minimum absolute atomic E-state index is 0.0264. The molecule has 0 bridgehead atoms. The van der Waals surface area contributed by atoms with Crippen molar-refractivity contribution in [2.75, 3.05) is 25.4 Å². The Kier molecular flexibility index (Phi) is 7.58. The van der Waals surface area contributed by atoms with E-state index in [0.29, 0.717) is 24.4 Å². The van der Waals surface area contributed by atoms with Crippen LogP contribution in [0.2, 0.25) is 0 Å². The van der Waals surface area contributed by atoms with Crippen molar-refractivity contribution in [2.45, 2.75) is 17.4 Å². The van der Waals surface area contributed by atoms with Gasteiger partial charge in [-0.15, -0.1) is 0 Å². The van der Waals surface area contributed by atoms with E-state index in [9.17, 15) is 13.5 Å². The second-order valence-corrected chi connectivity index (χ2v) is 9.08. The van der Waals surface area contributed by atoms with Crippen LogP contribution >= 0.6 is 0 Å². The highest BCUT2D eigenvalue weighted by molar-refractivity contribution is 7.91. The first-order valence-corrected chi connectivity index (χ1v) is 11.5. The van der Waals surface area contributed by atoms with E-state index in [2.05, 4.69) is 29.2 Å². The Bertz CT molecular complexity index is 921. The highest BCUT2D eigenvalue weighted by atomic mass is 32.2. The van der Waals surface area contributed by atoms with Crippen LogP contribution in [0.3, 0.4) is 0 Å². The van der Waals surface area contributed by atoms with Crippen LogP contribution in [0.25, 0.3) is 0 Å². The van der Waals surface area contributed by atoms with Gasteiger partial charge in [0.2, 0.25) is 0 Å². The van der Waals surface area contributed by atoms with Gasteiger partial charge in [-0.3, -0.25) is 4.90 Å². The molecule has 3 rings (SSSR count). The fourth-order valence-electron chi connectivity index (χ4n) is 3.51. The highest BCUT2D eigenvalue weighted by Crippen LogP contribution is 2.29. The maximum Gasteiger partial charge on any atom is 0.179 e. The first-order valence-electron chi connectivity index (χ1n) is 9.84. The number of nitrogens with zero attached hydrogens (tertiary/aromatic N) is 1. The van der Waals surface area contributed by atoms with Gasteiger partial charge in [-0.2, -0.15) is 0 Å². The second kappa shape index (κ2) is 10.3. The summed E-state index contributed by atoms with van der Waals surface area (Å²) in [7, 11) is -3.38. The Morgan fingerprint density at radius 1 is 0.724 bits per heavy atom. The summed E-state index contributed by atoms with van der Waals surface area (Å²) in [5.41, 5.74) is 2.21. The Morgan fingerprint density at radius 3 is 1.69 bits per heavy atom. The number of benzene rings is 3. The molecule has 0 radical (unpaired) electrons. The van der Waals surface area contributed by atoms with Gasteiger partial charge >= 0.3 is 0 Å². The van der Waals surface area contributed by atoms with Crippen molar-refractivity contribution in [1.82, 2.24) is 4.90 Å². The van der Waals surface area contributed by atoms with E-state index in [1.165, 1.54) is 0 Å². The summed E-state index contributed by atoms with van der Waals surface area (Å²) in [6.07, 6.45) is 0.585. The van der Waals surface area contributed by atoms with Gasteiger partial charge in [0.1, 0.15) is 0 Å². The fourth-order valence-corrected chi connectivity index (χ4v) is 4.79. The molecule has 0 amide bonds. The number of aliphatic hydroxyl groups excluding tert-OH is 1. The maximum atomic E-state index is 12.8. The predicted octanol–water partition coefficient (Wildman–Crippen LogP) is 3.93. The molecule has 0 saturated heterocycles. The van der Waals surface area contributed by atoms with Crippen LogP contribution in [0, 0.1) is 0 Å². The molecule has 0 aromatic heterocycles. The molecule has 0 saturated carbocycles. The van der Waals surface area contributed by atoms with Crippen LogP contribution in [0.4, 0.5) is 0 Å². The molecule has 5 heteroatoms. The van der Waals surface area contributed by atoms with Gasteiger partial charge in [0.25, 0.3) is 0 Å². The largest absolute Gasteiger partial charge is 0.396 e. The van der Waals surface area contributed by atoms with Gasteiger partial charge in [0, 0.05) is 19.7 Å². The molecule has 3 aromatic rings. The van der Waals surface area contributed by atoms with Gasteiger partial charge in [-0.05, 0) is 29.7 Å². The Hall–Kier alpha value is -2.47. The average Bonchev–Trinajstić information content (AvgIpc) is 2.77. The van der Waals surface area contributed by atoms with Crippen LogP contribution in [-0.2, 0) is 9.84 Å². The molecular formula is C24H27NO3S. The fraction of sp³-hybridized carbons (Fsp3) is 0.250.